The second-order valence-corrected chi connectivity index (χ2v) is 4.72. The lowest BCUT2D eigenvalue weighted by Gasteiger charge is -2.00. The van der Waals surface area contributed by atoms with E-state index in [4.69, 9.17) is 0 Å². The predicted molar refractivity (Wildman–Crippen MR) is 52.7 cm³/mol. The number of rotatable bonds is 4. The highest BCUT2D eigenvalue weighted by Gasteiger charge is 2.57. The van der Waals surface area contributed by atoms with Crippen LogP contribution in [0.5, 0.6) is 0 Å². The van der Waals surface area contributed by atoms with Gasteiger partial charge in [-0.25, -0.2) is 0 Å². The van der Waals surface area contributed by atoms with E-state index in [0.29, 0.717) is 24.7 Å². The zero-order chi connectivity index (χ0) is 10.9. The first kappa shape index (κ1) is 11.2. The summed E-state index contributed by atoms with van der Waals surface area (Å²) in [4.78, 5) is 22.0. The van der Waals surface area contributed by atoms with Gasteiger partial charge >= 0.3 is 5.97 Å². The van der Waals surface area contributed by atoms with Crippen molar-refractivity contribution in [2.24, 2.45) is 17.3 Å². The fourth-order valence-corrected chi connectivity index (χ4v) is 2.24. The molecule has 3 heteroatoms. The van der Waals surface area contributed by atoms with Crippen molar-refractivity contribution in [1.29, 1.82) is 0 Å². The largest absolute Gasteiger partial charge is 0.469 e. The highest BCUT2D eigenvalue weighted by Crippen LogP contribution is 2.61. The number of hydrogen-bond acceptors (Lipinski definition) is 3. The van der Waals surface area contributed by atoms with Crippen molar-refractivity contribution < 1.29 is 14.3 Å². The van der Waals surface area contributed by atoms with Gasteiger partial charge in [-0.3, -0.25) is 4.79 Å². The standard InChI is InChI=1S/C11H18O3/c1-7(12)5-8-9(11(8,2)3)6-10(13)14-4/h8-9H,5-6H2,1-4H3/t8-,9+/m0/s1. The normalized spacial score (nSPS) is 28.3. The summed E-state index contributed by atoms with van der Waals surface area (Å²) in [7, 11) is 1.40. The number of methoxy groups -OCH3 is 1. The minimum atomic E-state index is -0.172. The first-order valence-corrected chi connectivity index (χ1v) is 4.95. The van der Waals surface area contributed by atoms with E-state index in [1.54, 1.807) is 6.92 Å². The van der Waals surface area contributed by atoms with Gasteiger partial charge in [-0.2, -0.15) is 0 Å². The Labute approximate surface area is 84.8 Å². The van der Waals surface area contributed by atoms with Crippen molar-refractivity contribution >= 4 is 11.8 Å². The SMILES string of the molecule is COC(=O)C[C@@H]1[C@H](CC(C)=O)C1(C)C. The summed E-state index contributed by atoms with van der Waals surface area (Å²) < 4.78 is 4.62. The lowest BCUT2D eigenvalue weighted by Crippen LogP contribution is -2.03. The van der Waals surface area contributed by atoms with Gasteiger partial charge in [-0.15, -0.1) is 0 Å². The van der Waals surface area contributed by atoms with Gasteiger partial charge in [0.15, 0.2) is 0 Å². The number of esters is 1. The predicted octanol–water partition coefficient (Wildman–Crippen LogP) is 1.80. The molecule has 0 aromatic carbocycles. The van der Waals surface area contributed by atoms with E-state index in [0.717, 1.165) is 0 Å². The van der Waals surface area contributed by atoms with Crippen LogP contribution in [-0.2, 0) is 14.3 Å². The number of ether oxygens (including phenoxy) is 1. The third-order valence-corrected chi connectivity index (χ3v) is 3.41. The summed E-state index contributed by atoms with van der Waals surface area (Å²) >= 11 is 0. The molecule has 0 radical (unpaired) electrons. The smallest absolute Gasteiger partial charge is 0.305 e. The van der Waals surface area contributed by atoms with Crippen molar-refractivity contribution in [2.75, 3.05) is 7.11 Å². The van der Waals surface area contributed by atoms with Crippen LogP contribution in [0.3, 0.4) is 0 Å². The van der Waals surface area contributed by atoms with Crippen LogP contribution in [-0.4, -0.2) is 18.9 Å². The summed E-state index contributed by atoms with van der Waals surface area (Å²) in [5, 5.41) is 0. The van der Waals surface area contributed by atoms with E-state index in [2.05, 4.69) is 18.6 Å². The second-order valence-electron chi connectivity index (χ2n) is 4.72. The average Bonchev–Trinajstić information content (AvgIpc) is 2.55. The van der Waals surface area contributed by atoms with Crippen molar-refractivity contribution in [1.82, 2.24) is 0 Å². The molecule has 0 aliphatic heterocycles. The molecule has 14 heavy (non-hydrogen) atoms. The molecule has 0 N–H and O–H groups in total. The third-order valence-electron chi connectivity index (χ3n) is 3.41. The van der Waals surface area contributed by atoms with E-state index >= 15 is 0 Å². The van der Waals surface area contributed by atoms with E-state index in [1.807, 2.05) is 0 Å². The van der Waals surface area contributed by atoms with Crippen LogP contribution in [0.2, 0.25) is 0 Å². The van der Waals surface area contributed by atoms with Gasteiger partial charge in [0.2, 0.25) is 0 Å². The average molecular weight is 198 g/mol. The summed E-state index contributed by atoms with van der Waals surface area (Å²) in [6.07, 6.45) is 1.04. The highest BCUT2D eigenvalue weighted by atomic mass is 16.5. The first-order chi connectivity index (χ1) is 6.39. The Morgan fingerprint density at radius 3 is 2.14 bits per heavy atom. The molecule has 0 amide bonds. The highest BCUT2D eigenvalue weighted by molar-refractivity contribution is 5.77. The van der Waals surface area contributed by atoms with Crippen molar-refractivity contribution in [3.8, 4) is 0 Å². The molecule has 0 bridgehead atoms. The van der Waals surface area contributed by atoms with Gasteiger partial charge < -0.3 is 9.53 Å². The second kappa shape index (κ2) is 3.71. The minimum Gasteiger partial charge on any atom is -0.469 e. The molecule has 3 nitrogen and oxygen atoms in total. The summed E-state index contributed by atoms with van der Waals surface area (Å²) in [6, 6.07) is 0. The molecule has 0 saturated heterocycles. The number of hydrogen-bond donors (Lipinski definition) is 0. The number of carbonyl (C=O) groups is 2. The zero-order valence-electron chi connectivity index (χ0n) is 9.29. The quantitative estimate of drug-likeness (QED) is 0.647. The summed E-state index contributed by atoms with van der Waals surface area (Å²) in [6.45, 7) is 5.81. The van der Waals surface area contributed by atoms with E-state index in [-0.39, 0.29) is 17.2 Å². The molecule has 1 fully saturated rings. The van der Waals surface area contributed by atoms with Crippen molar-refractivity contribution in [2.45, 2.75) is 33.6 Å². The lowest BCUT2D eigenvalue weighted by molar-refractivity contribution is -0.141. The number of carbonyl (C=O) groups excluding carboxylic acids is 2. The van der Waals surface area contributed by atoms with Crippen molar-refractivity contribution in [3.63, 3.8) is 0 Å². The van der Waals surface area contributed by atoms with Gasteiger partial charge in [0, 0.05) is 12.8 Å². The number of Topliss-reactive ketones (excluding diaryl/α,β-unsaturated/α-hetero) is 1. The monoisotopic (exact) mass is 198 g/mol. The lowest BCUT2D eigenvalue weighted by atomic mass is 10.1. The van der Waals surface area contributed by atoms with E-state index < -0.39 is 0 Å². The van der Waals surface area contributed by atoms with E-state index in [1.165, 1.54) is 7.11 Å². The Balaban J connectivity index is 2.48. The van der Waals surface area contributed by atoms with Gasteiger partial charge in [0.1, 0.15) is 5.78 Å². The molecule has 2 atom stereocenters. The topological polar surface area (TPSA) is 43.4 Å². The molecule has 1 aliphatic rings. The fraction of sp³-hybridized carbons (Fsp3) is 0.818. The third kappa shape index (κ3) is 2.14. The van der Waals surface area contributed by atoms with Crippen LogP contribution in [0.1, 0.15) is 33.6 Å². The molecular weight excluding hydrogens is 180 g/mol. The van der Waals surface area contributed by atoms with Crippen LogP contribution in [0.15, 0.2) is 0 Å². The molecule has 0 aromatic heterocycles. The van der Waals surface area contributed by atoms with E-state index in [9.17, 15) is 9.59 Å². The fourth-order valence-electron chi connectivity index (χ4n) is 2.24. The Kier molecular flexibility index (Phi) is 2.98. The summed E-state index contributed by atoms with van der Waals surface area (Å²) in [5.74, 6) is 0.711. The molecule has 0 heterocycles. The Bertz CT molecular complexity index is 255. The Morgan fingerprint density at radius 2 is 1.71 bits per heavy atom. The minimum absolute atomic E-state index is 0.125. The molecule has 1 saturated carbocycles. The Morgan fingerprint density at radius 1 is 1.21 bits per heavy atom. The molecule has 1 aliphatic carbocycles. The molecule has 80 valence electrons. The molecule has 0 spiro atoms. The van der Waals surface area contributed by atoms with Gasteiger partial charge in [-0.05, 0) is 24.2 Å². The number of ketones is 1. The molecule has 0 aromatic rings. The summed E-state index contributed by atoms with van der Waals surface area (Å²) in [5.41, 5.74) is 0.125. The Hall–Kier alpha value is -0.860. The molecule has 1 rings (SSSR count). The maximum Gasteiger partial charge on any atom is 0.305 e. The van der Waals surface area contributed by atoms with Crippen LogP contribution in [0, 0.1) is 17.3 Å². The maximum absolute atomic E-state index is 11.1. The first-order valence-electron chi connectivity index (χ1n) is 4.95. The van der Waals surface area contributed by atoms with Crippen molar-refractivity contribution in [3.05, 3.63) is 0 Å². The van der Waals surface area contributed by atoms with Gasteiger partial charge in [0.25, 0.3) is 0 Å². The van der Waals surface area contributed by atoms with Crippen LogP contribution >= 0.6 is 0 Å². The van der Waals surface area contributed by atoms with Gasteiger partial charge in [0.05, 0.1) is 7.11 Å². The maximum atomic E-state index is 11.1. The van der Waals surface area contributed by atoms with Gasteiger partial charge in [-0.1, -0.05) is 13.8 Å². The molecular formula is C11H18O3. The molecule has 0 unspecified atom stereocenters. The van der Waals surface area contributed by atoms with Crippen LogP contribution in [0.4, 0.5) is 0 Å². The van der Waals surface area contributed by atoms with Crippen LogP contribution < -0.4 is 0 Å². The van der Waals surface area contributed by atoms with Crippen LogP contribution in [0.25, 0.3) is 0 Å². The zero-order valence-corrected chi connectivity index (χ0v) is 9.29.